The molecule has 0 saturated heterocycles. The van der Waals surface area contributed by atoms with Gasteiger partial charge in [0.05, 0.1) is 21.1 Å². The zero-order valence-electron chi connectivity index (χ0n) is 17.6. The third-order valence-electron chi connectivity index (χ3n) is 4.62. The first kappa shape index (κ1) is 25.0. The van der Waals surface area contributed by atoms with Gasteiger partial charge in [-0.05, 0) is 12.6 Å². The molecule has 0 spiro atoms. The van der Waals surface area contributed by atoms with Crippen LogP contribution >= 0.6 is 8.15 Å². The topological polar surface area (TPSA) is 37.3 Å². The van der Waals surface area contributed by atoms with Gasteiger partial charge in [-0.3, -0.25) is 4.79 Å². The lowest BCUT2D eigenvalue weighted by molar-refractivity contribution is -0.861. The van der Waals surface area contributed by atoms with Gasteiger partial charge in [0.25, 0.3) is 0 Å². The van der Waals surface area contributed by atoms with Gasteiger partial charge in [-0.1, -0.05) is 90.4 Å². The molecule has 0 bridgehead atoms. The van der Waals surface area contributed by atoms with E-state index in [9.17, 15) is 9.69 Å². The summed E-state index contributed by atoms with van der Waals surface area (Å²) in [6, 6.07) is 0. The minimum absolute atomic E-state index is 0.0530. The molecule has 0 aromatic heterocycles. The Labute approximate surface area is 159 Å². The Kier molecular flexibility index (Phi) is 16.2. The van der Waals surface area contributed by atoms with Crippen LogP contribution in [0.5, 0.6) is 0 Å². The molecule has 0 aromatic carbocycles. The van der Waals surface area contributed by atoms with Crippen molar-refractivity contribution in [1.29, 1.82) is 0 Å². The molecule has 0 fully saturated rings. The highest BCUT2D eigenvalue weighted by Crippen LogP contribution is 2.33. The molecule has 0 amide bonds. The monoisotopic (exact) mass is 374 g/mol. The highest BCUT2D eigenvalue weighted by atomic mass is 31.1. The van der Waals surface area contributed by atoms with E-state index in [1.165, 1.54) is 77.0 Å². The van der Waals surface area contributed by atoms with Crippen LogP contribution in [0.15, 0.2) is 0 Å². The summed E-state index contributed by atoms with van der Waals surface area (Å²) < 4.78 is 0.608. The van der Waals surface area contributed by atoms with Crippen molar-refractivity contribution in [1.82, 2.24) is 0 Å². The van der Waals surface area contributed by atoms with Gasteiger partial charge in [0.1, 0.15) is 14.7 Å². The van der Waals surface area contributed by atoms with Crippen molar-refractivity contribution in [3.63, 3.8) is 0 Å². The molecule has 0 aliphatic heterocycles. The van der Waals surface area contributed by atoms with Crippen molar-refractivity contribution in [2.75, 3.05) is 33.8 Å². The lowest BCUT2D eigenvalue weighted by Gasteiger charge is -2.23. The second-order valence-corrected chi connectivity index (χ2v) is 10.3. The van der Waals surface area contributed by atoms with Gasteiger partial charge < -0.3 is 9.38 Å². The molecule has 1 unspecified atom stereocenters. The molecule has 3 nitrogen and oxygen atoms in total. The summed E-state index contributed by atoms with van der Waals surface area (Å²) >= 11 is 0. The van der Waals surface area contributed by atoms with Gasteiger partial charge in [-0.2, -0.15) is 0 Å². The number of hydrogen-bond donors (Lipinski definition) is 1. The highest BCUT2D eigenvalue weighted by Gasteiger charge is 2.21. The molecule has 0 aliphatic carbocycles. The fourth-order valence-electron chi connectivity index (χ4n) is 3.07. The molecule has 1 N–H and O–H groups in total. The predicted molar refractivity (Wildman–Crippen MR) is 112 cm³/mol. The largest absolute Gasteiger partial charge is 0.366 e. The third-order valence-corrected chi connectivity index (χ3v) is 6.08. The molecule has 0 heterocycles. The van der Waals surface area contributed by atoms with Crippen LogP contribution in [-0.2, 0) is 4.79 Å². The first-order chi connectivity index (χ1) is 11.9. The number of carbonyl (C=O) groups is 1. The van der Waals surface area contributed by atoms with Crippen molar-refractivity contribution < 1.29 is 14.2 Å². The number of carbonyl (C=O) groups excluding carboxylic acids is 1. The van der Waals surface area contributed by atoms with Crippen LogP contribution < -0.4 is 0 Å². The molecular weight excluding hydrogens is 329 g/mol. The van der Waals surface area contributed by atoms with Crippen molar-refractivity contribution >= 4 is 13.7 Å². The normalized spacial score (nSPS) is 13.2. The zero-order chi connectivity index (χ0) is 19.0. The first-order valence-corrected chi connectivity index (χ1v) is 12.1. The fourth-order valence-corrected chi connectivity index (χ4v) is 4.43. The van der Waals surface area contributed by atoms with E-state index in [-0.39, 0.29) is 5.52 Å². The molecule has 0 aliphatic rings. The predicted octanol–water partition coefficient (Wildman–Crippen LogP) is 6.09. The Bertz CT molecular complexity index is 316. The number of rotatable bonds is 18. The Morgan fingerprint density at radius 1 is 0.720 bits per heavy atom. The van der Waals surface area contributed by atoms with Crippen LogP contribution in [0.1, 0.15) is 96.8 Å². The summed E-state index contributed by atoms with van der Waals surface area (Å²) in [5, 5.41) is 0. The third kappa shape index (κ3) is 18.6. The van der Waals surface area contributed by atoms with E-state index >= 15 is 0 Å². The molecule has 150 valence electrons. The van der Waals surface area contributed by atoms with Crippen molar-refractivity contribution in [3.8, 4) is 0 Å². The van der Waals surface area contributed by atoms with Gasteiger partial charge >= 0.3 is 0 Å². The van der Waals surface area contributed by atoms with Gasteiger partial charge in [-0.15, -0.1) is 0 Å². The van der Waals surface area contributed by atoms with Crippen molar-refractivity contribution in [2.45, 2.75) is 96.8 Å². The number of likely N-dealkylation sites (N-methyl/N-ethyl adjacent to an activating group) is 1. The summed E-state index contributed by atoms with van der Waals surface area (Å²) in [5.41, 5.74) is 0.0530. The maximum atomic E-state index is 11.9. The Balaban J connectivity index is 3.29. The molecule has 0 saturated carbocycles. The van der Waals surface area contributed by atoms with E-state index in [4.69, 9.17) is 0 Å². The van der Waals surface area contributed by atoms with Crippen LogP contribution in [0.2, 0.25) is 0 Å². The Hall–Kier alpha value is 0.0200. The number of hydrogen-bond acceptors (Lipinski definition) is 2. The average Bonchev–Trinajstić information content (AvgIpc) is 2.53. The highest BCUT2D eigenvalue weighted by molar-refractivity contribution is 7.69. The summed E-state index contributed by atoms with van der Waals surface area (Å²) in [6.07, 6.45) is 19.4. The van der Waals surface area contributed by atoms with Crippen LogP contribution in [0.3, 0.4) is 0 Å². The smallest absolute Gasteiger partial charge is 0.234 e. The van der Waals surface area contributed by atoms with Gasteiger partial charge in [0.15, 0.2) is 0 Å². The van der Waals surface area contributed by atoms with E-state index in [1.54, 1.807) is 0 Å². The molecule has 25 heavy (non-hydrogen) atoms. The lowest BCUT2D eigenvalue weighted by atomic mass is 10.0. The van der Waals surface area contributed by atoms with Crippen molar-refractivity contribution in [3.05, 3.63) is 0 Å². The SMILES string of the molecule is CCCCCCCCCCCCCCCCP(O)C(=O)C[N+](C)(C)C. The standard InChI is InChI=1S/C21H45NO2P/c1-5-6-7-8-9-10-11-12-13-14-15-16-17-18-19-25(24)21(23)20-22(2,3)4/h24H,5-20H2,1-4H3/q+1. The molecular formula is C21H45NO2P+. The maximum Gasteiger partial charge on any atom is 0.234 e. The minimum atomic E-state index is -1.40. The molecule has 0 radical (unpaired) electrons. The summed E-state index contributed by atoms with van der Waals surface area (Å²) in [4.78, 5) is 21.9. The zero-order valence-corrected chi connectivity index (χ0v) is 18.5. The van der Waals surface area contributed by atoms with Crippen LogP contribution in [0.4, 0.5) is 0 Å². The van der Waals surface area contributed by atoms with Crippen LogP contribution in [-0.4, -0.2) is 48.8 Å². The summed E-state index contributed by atoms with van der Waals surface area (Å²) in [7, 11) is 4.58. The number of unbranched alkanes of at least 4 members (excludes halogenated alkanes) is 13. The number of nitrogens with zero attached hydrogens (tertiary/aromatic N) is 1. The van der Waals surface area contributed by atoms with Gasteiger partial charge in [0.2, 0.25) is 5.52 Å². The van der Waals surface area contributed by atoms with E-state index < -0.39 is 8.15 Å². The second-order valence-electron chi connectivity index (χ2n) is 8.56. The fraction of sp³-hybridized carbons (Fsp3) is 0.952. The van der Waals surface area contributed by atoms with Crippen molar-refractivity contribution in [2.24, 2.45) is 0 Å². The average molecular weight is 375 g/mol. The molecule has 0 aromatic rings. The minimum Gasteiger partial charge on any atom is -0.366 e. The lowest BCUT2D eigenvalue weighted by Crippen LogP contribution is -2.39. The molecule has 4 heteroatoms. The quantitative estimate of drug-likeness (QED) is 0.179. The first-order valence-electron chi connectivity index (χ1n) is 10.7. The second kappa shape index (κ2) is 16.2. The molecule has 0 rings (SSSR count). The Morgan fingerprint density at radius 2 is 1.08 bits per heavy atom. The number of quaternary nitrogens is 1. The van der Waals surface area contributed by atoms with Crippen LogP contribution in [0.25, 0.3) is 0 Å². The van der Waals surface area contributed by atoms with Gasteiger partial charge in [0, 0.05) is 0 Å². The van der Waals surface area contributed by atoms with E-state index in [0.717, 1.165) is 12.8 Å². The van der Waals surface area contributed by atoms with E-state index in [0.29, 0.717) is 17.2 Å². The van der Waals surface area contributed by atoms with E-state index in [2.05, 4.69) is 6.92 Å². The molecule has 1 atom stereocenters. The van der Waals surface area contributed by atoms with Gasteiger partial charge in [-0.25, -0.2) is 0 Å². The van der Waals surface area contributed by atoms with Crippen LogP contribution in [0, 0.1) is 0 Å². The summed E-state index contributed by atoms with van der Waals surface area (Å²) in [6.45, 7) is 2.72. The summed E-state index contributed by atoms with van der Waals surface area (Å²) in [5.74, 6) is 0. The Morgan fingerprint density at radius 3 is 1.44 bits per heavy atom. The maximum absolute atomic E-state index is 11.9. The van der Waals surface area contributed by atoms with E-state index in [1.807, 2.05) is 21.1 Å².